The molecular weight excluding hydrogens is 494 g/mol. The maximum absolute atomic E-state index is 15.0. The van der Waals surface area contributed by atoms with Crippen molar-refractivity contribution in [3.63, 3.8) is 0 Å². The highest BCUT2D eigenvalue weighted by atomic mass is 16.5. The normalized spacial score (nSPS) is 45.6. The van der Waals surface area contributed by atoms with Crippen LogP contribution in [0.15, 0.2) is 23.3 Å². The predicted octanol–water partition coefficient (Wildman–Crippen LogP) is 8.55. The van der Waals surface area contributed by atoms with E-state index in [9.17, 15) is 10.1 Å². The Kier molecular flexibility index (Phi) is 6.61. The van der Waals surface area contributed by atoms with Crippen LogP contribution >= 0.6 is 0 Å². The Balaban J connectivity index is 1.76. The fourth-order valence-corrected chi connectivity index (χ4v) is 11.1. The number of hydrogen-bond acceptors (Lipinski definition) is 4. The van der Waals surface area contributed by atoms with E-state index in [0.717, 1.165) is 63.4 Å². The molecule has 8 atom stereocenters. The summed E-state index contributed by atoms with van der Waals surface area (Å²) in [6, 6.07) is 2.22. The molecule has 1 spiro atoms. The molecule has 220 valence electrons. The first-order valence-corrected chi connectivity index (χ1v) is 16.1. The van der Waals surface area contributed by atoms with Gasteiger partial charge in [-0.25, -0.2) is 0 Å². The molecule has 0 amide bonds. The molecule has 5 aliphatic rings. The zero-order valence-electron chi connectivity index (χ0n) is 26.9. The molecule has 40 heavy (non-hydrogen) atoms. The van der Waals surface area contributed by atoms with Crippen LogP contribution in [-0.4, -0.2) is 23.3 Å². The fourth-order valence-electron chi connectivity index (χ4n) is 11.1. The molecule has 4 heteroatoms. The lowest BCUT2D eigenvalue weighted by atomic mass is 9.34. The van der Waals surface area contributed by atoms with Gasteiger partial charge in [0.05, 0.1) is 11.7 Å². The molecule has 0 aromatic carbocycles. The van der Waals surface area contributed by atoms with Crippen molar-refractivity contribution in [2.24, 2.45) is 44.3 Å². The number of hydrogen-bond donors (Lipinski definition) is 0. The van der Waals surface area contributed by atoms with Crippen molar-refractivity contribution in [2.45, 2.75) is 139 Å². The number of carbonyl (C=O) groups is 2. The quantitative estimate of drug-likeness (QED) is 0.346. The molecule has 1 saturated heterocycles. The van der Waals surface area contributed by atoms with E-state index >= 15 is 4.79 Å². The Bertz CT molecular complexity index is 1230. The lowest BCUT2D eigenvalue weighted by molar-refractivity contribution is -0.206. The Morgan fingerprint density at radius 3 is 2.30 bits per heavy atom. The van der Waals surface area contributed by atoms with Crippen molar-refractivity contribution in [2.75, 3.05) is 0 Å². The third-order valence-corrected chi connectivity index (χ3v) is 13.3. The van der Waals surface area contributed by atoms with Gasteiger partial charge in [0, 0.05) is 27.6 Å². The van der Waals surface area contributed by atoms with Gasteiger partial charge in [-0.1, -0.05) is 88.2 Å². The van der Waals surface area contributed by atoms with Gasteiger partial charge in [0.1, 0.15) is 11.7 Å². The van der Waals surface area contributed by atoms with Crippen LogP contribution in [0.1, 0.15) is 127 Å². The predicted molar refractivity (Wildman–Crippen MR) is 159 cm³/mol. The molecular formula is C36H53NO3. The molecule has 2 bridgehead atoms. The van der Waals surface area contributed by atoms with Gasteiger partial charge >= 0.3 is 0 Å². The highest BCUT2D eigenvalue weighted by Gasteiger charge is 2.80. The minimum atomic E-state index is -0.837. The number of allylic oxidation sites excluding steroid dienone is 3. The van der Waals surface area contributed by atoms with Crippen LogP contribution in [-0.2, 0) is 14.3 Å². The van der Waals surface area contributed by atoms with Crippen molar-refractivity contribution in [3.8, 4) is 6.07 Å². The highest BCUT2D eigenvalue weighted by molar-refractivity contribution is 6.05. The van der Waals surface area contributed by atoms with E-state index in [0.29, 0.717) is 0 Å². The highest BCUT2D eigenvalue weighted by Crippen LogP contribution is 2.78. The van der Waals surface area contributed by atoms with Crippen molar-refractivity contribution in [1.29, 1.82) is 5.26 Å². The molecule has 0 aromatic heterocycles. The minimum Gasteiger partial charge on any atom is -0.362 e. The molecule has 0 N–H and O–H groups in total. The van der Waals surface area contributed by atoms with Crippen molar-refractivity contribution < 1.29 is 14.3 Å². The Morgan fingerprint density at radius 1 is 1.05 bits per heavy atom. The summed E-state index contributed by atoms with van der Waals surface area (Å²) in [5.41, 5.74) is -1.15. The van der Waals surface area contributed by atoms with Gasteiger partial charge in [0.25, 0.3) is 0 Å². The van der Waals surface area contributed by atoms with Gasteiger partial charge in [-0.3, -0.25) is 9.59 Å². The molecule has 4 aliphatic carbocycles. The van der Waals surface area contributed by atoms with Gasteiger partial charge < -0.3 is 4.74 Å². The summed E-state index contributed by atoms with van der Waals surface area (Å²) >= 11 is 0. The second-order valence-corrected chi connectivity index (χ2v) is 16.6. The smallest absolute Gasteiger partial charge is 0.188 e. The number of nitriles is 1. The van der Waals surface area contributed by atoms with E-state index in [1.807, 2.05) is 26.0 Å². The van der Waals surface area contributed by atoms with Crippen LogP contribution in [0.25, 0.3) is 0 Å². The van der Waals surface area contributed by atoms with Crippen LogP contribution in [0.2, 0.25) is 0 Å². The third kappa shape index (κ3) is 3.40. The third-order valence-electron chi connectivity index (χ3n) is 13.3. The largest absolute Gasteiger partial charge is 0.362 e. The first-order chi connectivity index (χ1) is 18.4. The molecule has 3 unspecified atom stereocenters. The lowest BCUT2D eigenvalue weighted by Crippen LogP contribution is -2.71. The zero-order chi connectivity index (χ0) is 29.7. The average molecular weight is 548 g/mol. The number of ether oxygens (including phenoxy) is 1. The zero-order valence-corrected chi connectivity index (χ0v) is 26.9. The van der Waals surface area contributed by atoms with Crippen molar-refractivity contribution in [3.05, 3.63) is 23.3 Å². The summed E-state index contributed by atoms with van der Waals surface area (Å²) < 4.78 is 7.41. The average Bonchev–Trinajstić information content (AvgIpc) is 3.06. The summed E-state index contributed by atoms with van der Waals surface area (Å²) in [6.45, 7) is 22.5. The van der Waals surface area contributed by atoms with E-state index in [2.05, 4.69) is 61.5 Å². The van der Waals surface area contributed by atoms with Gasteiger partial charge in [-0.15, -0.1) is 0 Å². The Morgan fingerprint density at radius 2 is 1.73 bits per heavy atom. The number of fused-ring (bicyclic) bond motifs is 5. The number of nitrogens with zero attached hydrogens (tertiary/aromatic N) is 1. The minimum absolute atomic E-state index is 0.0214. The van der Waals surface area contributed by atoms with Crippen molar-refractivity contribution in [1.82, 2.24) is 0 Å². The summed E-state index contributed by atoms with van der Waals surface area (Å²) in [4.78, 5) is 28.4. The van der Waals surface area contributed by atoms with E-state index < -0.39 is 16.4 Å². The van der Waals surface area contributed by atoms with Gasteiger partial charge in [0.15, 0.2) is 11.6 Å². The number of carbonyl (C=O) groups excluding carboxylic acids is 2. The number of ketones is 2. The molecule has 1 heterocycles. The monoisotopic (exact) mass is 547 g/mol. The maximum atomic E-state index is 15.0. The summed E-state index contributed by atoms with van der Waals surface area (Å²) in [7, 11) is 0. The second kappa shape index (κ2) is 8.89. The van der Waals surface area contributed by atoms with Crippen LogP contribution in [0.5, 0.6) is 0 Å². The molecule has 0 aromatic rings. The van der Waals surface area contributed by atoms with Crippen LogP contribution in [0.3, 0.4) is 0 Å². The number of Topliss-reactive ketones (excluding diaryl/α,β-unsaturated/α-hetero) is 1. The summed E-state index contributed by atoms with van der Waals surface area (Å²) in [5, 5.41) is 9.99. The van der Waals surface area contributed by atoms with E-state index in [1.165, 1.54) is 0 Å². The van der Waals surface area contributed by atoms with Crippen LogP contribution in [0, 0.1) is 55.7 Å². The van der Waals surface area contributed by atoms with Gasteiger partial charge in [-0.05, 0) is 73.3 Å². The Labute approximate surface area is 243 Å². The summed E-state index contributed by atoms with van der Waals surface area (Å²) in [5.74, 6) is 0.324. The molecule has 4 nitrogen and oxygen atoms in total. The van der Waals surface area contributed by atoms with Crippen LogP contribution < -0.4 is 0 Å². The lowest BCUT2D eigenvalue weighted by Gasteiger charge is -2.69. The van der Waals surface area contributed by atoms with Gasteiger partial charge in [-0.2, -0.15) is 5.26 Å². The second-order valence-electron chi connectivity index (χ2n) is 16.6. The van der Waals surface area contributed by atoms with E-state index in [4.69, 9.17) is 4.74 Å². The first-order valence-electron chi connectivity index (χ1n) is 16.1. The molecule has 3 fully saturated rings. The molecule has 1 aliphatic heterocycles. The molecule has 0 radical (unpaired) electrons. The van der Waals surface area contributed by atoms with Crippen molar-refractivity contribution >= 4 is 11.6 Å². The van der Waals surface area contributed by atoms with E-state index in [1.54, 1.807) is 0 Å². The Hall–Kier alpha value is -1.73. The topological polar surface area (TPSA) is 67.2 Å². The fraction of sp³-hybridized carbons (Fsp3) is 0.806. The molecule has 5 rings (SSSR count). The van der Waals surface area contributed by atoms with Crippen LogP contribution in [0.4, 0.5) is 0 Å². The first kappa shape index (κ1) is 29.8. The maximum Gasteiger partial charge on any atom is 0.188 e. The van der Waals surface area contributed by atoms with E-state index in [-0.39, 0.29) is 56.7 Å². The SMILES string of the molecule is CCCCC1O[C@]23C(=O)C=C4[C@@]5(C)C=C(C#N)C(=O)C(C)(C)C5CC[C@@]4(C)[C@]2(C)CC[C@@]1(CC)C3CC(C)(C)C. The van der Waals surface area contributed by atoms with Gasteiger partial charge in [0.2, 0.25) is 0 Å². The number of unbranched alkanes of at least 4 members (excludes halogenated alkanes) is 1. The molecule has 2 saturated carbocycles. The number of rotatable bonds is 5. The summed E-state index contributed by atoms with van der Waals surface area (Å²) in [6.07, 6.45) is 13.2. The standard InChI is InChI=1S/C36H53NO3/c1-11-13-14-28-35(12-2)18-17-34(10)33(9)16-15-24-31(6,7)29(39)23(22-37)20-32(24,8)25(33)19-27(38)36(34,40-28)26(35)21-30(3,4)5/h19-20,24,26,28H,11-18,21H2,1-10H3/t24?,26?,28?,32-,33+,34-,35-,36+/m0/s1.